The van der Waals surface area contributed by atoms with Gasteiger partial charge in [-0.15, -0.1) is 0 Å². The Kier molecular flexibility index (Phi) is 6.93. The lowest BCUT2D eigenvalue weighted by molar-refractivity contribution is 0.0696. The van der Waals surface area contributed by atoms with Gasteiger partial charge in [-0.25, -0.2) is 9.59 Å². The summed E-state index contributed by atoms with van der Waals surface area (Å²) in [6.07, 6.45) is 0. The van der Waals surface area contributed by atoms with Gasteiger partial charge in [0.05, 0.1) is 35.1 Å². The summed E-state index contributed by atoms with van der Waals surface area (Å²) in [6, 6.07) is 16.1. The number of carboxylic acid groups (broad SMARTS) is 1. The van der Waals surface area contributed by atoms with E-state index in [9.17, 15) is 19.2 Å². The topological polar surface area (TPSA) is 120 Å². The van der Waals surface area contributed by atoms with Gasteiger partial charge >= 0.3 is 11.7 Å². The van der Waals surface area contributed by atoms with Gasteiger partial charge in [0.25, 0.3) is 11.5 Å². The first kappa shape index (κ1) is 24.7. The molecule has 9 nitrogen and oxygen atoms in total. The third-order valence-electron chi connectivity index (χ3n) is 5.83. The molecule has 0 atom stereocenters. The number of hydrogen-bond donors (Lipinski definition) is 2. The zero-order valence-corrected chi connectivity index (χ0v) is 20.2. The molecule has 2 N–H and O–H groups in total. The molecule has 36 heavy (non-hydrogen) atoms. The van der Waals surface area contributed by atoms with Crippen molar-refractivity contribution < 1.29 is 19.4 Å². The zero-order chi connectivity index (χ0) is 26.0. The molecule has 0 spiro atoms. The number of nitrogens with zero attached hydrogens (tertiary/aromatic N) is 2. The van der Waals surface area contributed by atoms with Crippen LogP contribution in [0.25, 0.3) is 10.9 Å². The predicted octanol–water partition coefficient (Wildman–Crippen LogP) is 3.04. The van der Waals surface area contributed by atoms with Gasteiger partial charge in [-0.2, -0.15) is 0 Å². The number of carbonyl (C=O) groups excluding carboxylic acids is 1. The summed E-state index contributed by atoms with van der Waals surface area (Å²) in [4.78, 5) is 50.1. The van der Waals surface area contributed by atoms with E-state index >= 15 is 0 Å². The van der Waals surface area contributed by atoms with Crippen molar-refractivity contribution in [2.45, 2.75) is 13.1 Å². The highest BCUT2D eigenvalue weighted by molar-refractivity contribution is 6.33. The van der Waals surface area contributed by atoms with Gasteiger partial charge < -0.3 is 15.2 Å². The Morgan fingerprint density at radius 1 is 1.00 bits per heavy atom. The van der Waals surface area contributed by atoms with Crippen LogP contribution in [0.15, 0.2) is 70.3 Å². The quantitative estimate of drug-likeness (QED) is 0.397. The van der Waals surface area contributed by atoms with Crippen molar-refractivity contribution in [3.8, 4) is 5.75 Å². The Morgan fingerprint density at radius 2 is 1.69 bits per heavy atom. The fourth-order valence-electron chi connectivity index (χ4n) is 3.84. The lowest BCUT2D eigenvalue weighted by Crippen LogP contribution is -2.39. The van der Waals surface area contributed by atoms with E-state index in [0.717, 1.165) is 10.1 Å². The standard InChI is InChI=1S/C26H22ClN3O6/c1-29-22-10-6-17(23(31)28-13-15-3-7-18(36-2)8-4-15)12-20(22)24(32)30(26(29)35)14-16-5-9-19(25(33)34)21(27)11-16/h3-12H,13-14H2,1-2H3,(H,28,31)(H,33,34). The van der Waals surface area contributed by atoms with Crippen molar-refractivity contribution >= 4 is 34.4 Å². The first-order chi connectivity index (χ1) is 17.2. The Balaban J connectivity index is 1.65. The van der Waals surface area contributed by atoms with Crippen molar-refractivity contribution in [3.63, 3.8) is 0 Å². The second-order valence-corrected chi connectivity index (χ2v) is 8.52. The minimum absolute atomic E-state index is 0.00137. The van der Waals surface area contributed by atoms with Crippen LogP contribution in [-0.2, 0) is 20.1 Å². The second kappa shape index (κ2) is 10.1. The molecule has 0 saturated heterocycles. The number of methoxy groups -OCH3 is 1. The highest BCUT2D eigenvalue weighted by Gasteiger charge is 2.16. The lowest BCUT2D eigenvalue weighted by atomic mass is 10.1. The molecule has 0 aliphatic rings. The van der Waals surface area contributed by atoms with Crippen LogP contribution in [0.4, 0.5) is 0 Å². The summed E-state index contributed by atoms with van der Waals surface area (Å²) in [5, 5.41) is 12.2. The molecule has 4 aromatic rings. The predicted molar refractivity (Wildman–Crippen MR) is 135 cm³/mol. The van der Waals surface area contributed by atoms with Crippen molar-refractivity contribution in [1.82, 2.24) is 14.5 Å². The number of aryl methyl sites for hydroxylation is 1. The van der Waals surface area contributed by atoms with Gasteiger partial charge in [-0.1, -0.05) is 29.8 Å². The molecule has 0 radical (unpaired) electrons. The maximum absolute atomic E-state index is 13.3. The van der Waals surface area contributed by atoms with Gasteiger partial charge in [0.2, 0.25) is 0 Å². The minimum atomic E-state index is -1.18. The normalized spacial score (nSPS) is 10.9. The Hall–Kier alpha value is -4.37. The van der Waals surface area contributed by atoms with E-state index < -0.39 is 17.2 Å². The summed E-state index contributed by atoms with van der Waals surface area (Å²) in [7, 11) is 3.11. The highest BCUT2D eigenvalue weighted by Crippen LogP contribution is 2.19. The van der Waals surface area contributed by atoms with Gasteiger partial charge in [-0.3, -0.25) is 18.7 Å². The molecule has 0 unspecified atom stereocenters. The molecule has 1 aromatic heterocycles. The number of aromatic nitrogens is 2. The van der Waals surface area contributed by atoms with E-state index in [0.29, 0.717) is 16.8 Å². The monoisotopic (exact) mass is 507 g/mol. The Bertz CT molecular complexity index is 1610. The highest BCUT2D eigenvalue weighted by atomic mass is 35.5. The average molecular weight is 508 g/mol. The number of amides is 1. The number of ether oxygens (including phenoxy) is 1. The molecule has 1 amide bonds. The molecule has 1 heterocycles. The summed E-state index contributed by atoms with van der Waals surface area (Å²) in [6.45, 7) is 0.167. The number of rotatable bonds is 7. The summed E-state index contributed by atoms with van der Waals surface area (Å²) in [5.41, 5.74) is 0.807. The van der Waals surface area contributed by atoms with Crippen molar-refractivity contribution in [1.29, 1.82) is 0 Å². The smallest absolute Gasteiger partial charge is 0.337 e. The third-order valence-corrected chi connectivity index (χ3v) is 6.14. The minimum Gasteiger partial charge on any atom is -0.497 e. The molecule has 4 rings (SSSR count). The van der Waals surface area contributed by atoms with Crippen molar-refractivity contribution in [2.24, 2.45) is 7.05 Å². The Labute approximate surface area is 210 Å². The number of aromatic carboxylic acids is 1. The number of fused-ring (bicyclic) bond motifs is 1. The van der Waals surface area contributed by atoms with E-state index in [4.69, 9.17) is 21.4 Å². The summed E-state index contributed by atoms with van der Waals surface area (Å²) < 4.78 is 7.47. The number of nitrogens with one attached hydrogen (secondary N) is 1. The number of benzene rings is 3. The van der Waals surface area contributed by atoms with Gasteiger partial charge in [0.1, 0.15) is 5.75 Å². The van der Waals surface area contributed by atoms with E-state index in [1.54, 1.807) is 31.4 Å². The molecular formula is C26H22ClN3O6. The first-order valence-electron chi connectivity index (χ1n) is 10.9. The van der Waals surface area contributed by atoms with Gasteiger partial charge in [-0.05, 0) is 53.6 Å². The average Bonchev–Trinajstić information content (AvgIpc) is 2.88. The van der Waals surface area contributed by atoms with Crippen LogP contribution in [0.2, 0.25) is 5.02 Å². The van der Waals surface area contributed by atoms with E-state index in [1.165, 1.54) is 35.9 Å². The third kappa shape index (κ3) is 4.87. The molecule has 184 valence electrons. The number of carbonyl (C=O) groups is 2. The van der Waals surface area contributed by atoms with Crippen LogP contribution in [0.1, 0.15) is 31.8 Å². The van der Waals surface area contributed by atoms with E-state index in [-0.39, 0.29) is 40.5 Å². The van der Waals surface area contributed by atoms with Crippen LogP contribution in [0.3, 0.4) is 0 Å². The molecule has 0 aliphatic carbocycles. The van der Waals surface area contributed by atoms with E-state index in [1.807, 2.05) is 12.1 Å². The molecule has 3 aromatic carbocycles. The van der Waals surface area contributed by atoms with Crippen LogP contribution in [0.5, 0.6) is 5.75 Å². The molecule has 10 heteroatoms. The molecule has 0 aliphatic heterocycles. The van der Waals surface area contributed by atoms with Crippen LogP contribution in [0, 0.1) is 0 Å². The Morgan fingerprint density at radius 3 is 2.33 bits per heavy atom. The van der Waals surface area contributed by atoms with Crippen LogP contribution >= 0.6 is 11.6 Å². The molecular weight excluding hydrogens is 486 g/mol. The molecule has 0 saturated carbocycles. The lowest BCUT2D eigenvalue weighted by Gasteiger charge is -2.13. The first-order valence-corrected chi connectivity index (χ1v) is 11.2. The second-order valence-electron chi connectivity index (χ2n) is 8.11. The number of halogens is 1. The fraction of sp³-hybridized carbons (Fsp3) is 0.154. The van der Waals surface area contributed by atoms with E-state index in [2.05, 4.69) is 5.32 Å². The molecule has 0 bridgehead atoms. The number of hydrogen-bond acceptors (Lipinski definition) is 5. The number of carboxylic acids is 1. The largest absolute Gasteiger partial charge is 0.497 e. The van der Waals surface area contributed by atoms with Crippen LogP contribution < -0.4 is 21.3 Å². The summed E-state index contributed by atoms with van der Waals surface area (Å²) >= 11 is 6.04. The zero-order valence-electron chi connectivity index (χ0n) is 19.4. The van der Waals surface area contributed by atoms with Crippen molar-refractivity contribution in [3.05, 3.63) is 109 Å². The maximum atomic E-state index is 13.3. The van der Waals surface area contributed by atoms with Crippen LogP contribution in [-0.4, -0.2) is 33.2 Å². The maximum Gasteiger partial charge on any atom is 0.337 e. The SMILES string of the molecule is COc1ccc(CNC(=O)c2ccc3c(c2)c(=O)n(Cc2ccc(C(=O)O)c(Cl)c2)c(=O)n3C)cc1. The van der Waals surface area contributed by atoms with Crippen molar-refractivity contribution in [2.75, 3.05) is 7.11 Å². The van der Waals surface area contributed by atoms with Gasteiger partial charge in [0, 0.05) is 19.2 Å². The van der Waals surface area contributed by atoms with Gasteiger partial charge in [0.15, 0.2) is 0 Å². The summed E-state index contributed by atoms with van der Waals surface area (Å²) in [5.74, 6) is -0.840. The molecule has 0 fully saturated rings. The fourth-order valence-corrected chi connectivity index (χ4v) is 4.12.